The van der Waals surface area contributed by atoms with Crippen molar-refractivity contribution in [2.45, 2.75) is 31.6 Å². The van der Waals surface area contributed by atoms with E-state index in [0.717, 1.165) is 23.4 Å². The van der Waals surface area contributed by atoms with Crippen LogP contribution in [-0.4, -0.2) is 23.2 Å². The number of para-hydroxylation sites is 1. The lowest BCUT2D eigenvalue weighted by molar-refractivity contribution is -0.118. The highest BCUT2D eigenvalue weighted by molar-refractivity contribution is 8.00. The number of thiazole rings is 1. The van der Waals surface area contributed by atoms with Gasteiger partial charge in [-0.3, -0.25) is 4.79 Å². The lowest BCUT2D eigenvalue weighted by Gasteiger charge is -2.07. The van der Waals surface area contributed by atoms with E-state index >= 15 is 0 Å². The van der Waals surface area contributed by atoms with E-state index in [1.54, 1.807) is 23.1 Å². The normalized spacial score (nSPS) is 11.0. The molecule has 0 aliphatic heterocycles. The summed E-state index contributed by atoms with van der Waals surface area (Å²) in [5.41, 5.74) is 3.51. The highest BCUT2D eigenvalue weighted by Crippen LogP contribution is 2.23. The van der Waals surface area contributed by atoms with E-state index in [4.69, 9.17) is 0 Å². The van der Waals surface area contributed by atoms with Crippen LogP contribution < -0.4 is 5.32 Å². The van der Waals surface area contributed by atoms with Gasteiger partial charge in [-0.05, 0) is 44.0 Å². The van der Waals surface area contributed by atoms with Crippen molar-refractivity contribution in [2.75, 3.05) is 12.3 Å². The van der Waals surface area contributed by atoms with Crippen molar-refractivity contribution in [3.63, 3.8) is 0 Å². The van der Waals surface area contributed by atoms with Gasteiger partial charge in [0, 0.05) is 17.9 Å². The quantitative estimate of drug-likeness (QED) is 0.482. The molecule has 0 saturated heterocycles. The summed E-state index contributed by atoms with van der Waals surface area (Å²) in [6, 6.07) is 14.5. The molecule has 1 heterocycles. The summed E-state index contributed by atoms with van der Waals surface area (Å²) in [7, 11) is 0. The maximum absolute atomic E-state index is 12.0. The average Bonchev–Trinajstić information content (AvgIpc) is 3.02. The highest BCUT2D eigenvalue weighted by atomic mass is 32.2. The molecule has 0 radical (unpaired) electrons. The molecule has 3 rings (SSSR count). The fourth-order valence-electron chi connectivity index (χ4n) is 2.55. The van der Waals surface area contributed by atoms with E-state index in [-0.39, 0.29) is 5.91 Å². The van der Waals surface area contributed by atoms with Crippen molar-refractivity contribution in [2.24, 2.45) is 0 Å². The lowest BCUT2D eigenvalue weighted by Crippen LogP contribution is -2.26. The summed E-state index contributed by atoms with van der Waals surface area (Å²) in [5.74, 6) is 0.557. The third-order valence-corrected chi connectivity index (χ3v) is 6.18. The Labute approximate surface area is 156 Å². The van der Waals surface area contributed by atoms with E-state index < -0.39 is 0 Å². The molecule has 0 atom stereocenters. The number of nitrogens with one attached hydrogen (secondary N) is 1. The zero-order chi connectivity index (χ0) is 17.6. The van der Waals surface area contributed by atoms with Crippen LogP contribution in [0.4, 0.5) is 0 Å². The molecule has 3 nitrogen and oxygen atoms in total. The molecule has 130 valence electrons. The van der Waals surface area contributed by atoms with Gasteiger partial charge in [-0.2, -0.15) is 0 Å². The zero-order valence-corrected chi connectivity index (χ0v) is 16.2. The number of aryl methyl sites for hydroxylation is 3. The molecule has 2 aromatic carbocycles. The Kier molecular flexibility index (Phi) is 6.10. The van der Waals surface area contributed by atoms with Gasteiger partial charge in [-0.15, -0.1) is 23.1 Å². The smallest absolute Gasteiger partial charge is 0.230 e. The van der Waals surface area contributed by atoms with E-state index in [0.29, 0.717) is 12.3 Å². The standard InChI is InChI=1S/C20H22N2OS2/c1-14-9-10-15(2)18(12-14)24-13-19(23)21-11-5-8-20-22-16-6-3-4-7-17(16)25-20/h3-4,6-7,9-10,12H,5,8,11,13H2,1-2H3,(H,21,23). The Morgan fingerprint density at radius 3 is 2.88 bits per heavy atom. The average molecular weight is 371 g/mol. The van der Waals surface area contributed by atoms with Crippen molar-refractivity contribution < 1.29 is 4.79 Å². The van der Waals surface area contributed by atoms with Gasteiger partial charge in [-0.25, -0.2) is 4.98 Å². The molecule has 1 aromatic heterocycles. The molecular weight excluding hydrogens is 348 g/mol. The van der Waals surface area contributed by atoms with Gasteiger partial charge in [0.2, 0.25) is 5.91 Å². The molecule has 25 heavy (non-hydrogen) atoms. The van der Waals surface area contributed by atoms with Gasteiger partial charge in [0.25, 0.3) is 0 Å². The van der Waals surface area contributed by atoms with Crippen molar-refractivity contribution >= 4 is 39.2 Å². The summed E-state index contributed by atoms with van der Waals surface area (Å²) in [6.07, 6.45) is 1.82. The van der Waals surface area contributed by atoms with E-state index in [1.165, 1.54) is 20.7 Å². The number of carbonyl (C=O) groups is 1. The monoisotopic (exact) mass is 370 g/mol. The van der Waals surface area contributed by atoms with E-state index in [2.05, 4.69) is 48.4 Å². The van der Waals surface area contributed by atoms with Crippen LogP contribution in [0.3, 0.4) is 0 Å². The summed E-state index contributed by atoms with van der Waals surface area (Å²) in [6.45, 7) is 4.85. The first-order chi connectivity index (χ1) is 12.1. The van der Waals surface area contributed by atoms with Crippen LogP contribution in [0.15, 0.2) is 47.4 Å². The third kappa shape index (κ3) is 5.06. The minimum absolute atomic E-state index is 0.0928. The van der Waals surface area contributed by atoms with Gasteiger partial charge in [0.15, 0.2) is 0 Å². The van der Waals surface area contributed by atoms with Crippen LogP contribution in [0.25, 0.3) is 10.2 Å². The molecule has 0 bridgehead atoms. The number of benzene rings is 2. The van der Waals surface area contributed by atoms with Gasteiger partial charge in [-0.1, -0.05) is 29.8 Å². The number of hydrogen-bond donors (Lipinski definition) is 1. The molecule has 0 aliphatic rings. The molecule has 1 amide bonds. The first-order valence-electron chi connectivity index (χ1n) is 8.43. The number of nitrogens with zero attached hydrogens (tertiary/aromatic N) is 1. The lowest BCUT2D eigenvalue weighted by atomic mass is 10.2. The van der Waals surface area contributed by atoms with Crippen molar-refractivity contribution in [1.29, 1.82) is 0 Å². The number of aromatic nitrogens is 1. The number of amides is 1. The van der Waals surface area contributed by atoms with E-state index in [9.17, 15) is 4.79 Å². The van der Waals surface area contributed by atoms with Crippen molar-refractivity contribution in [3.05, 3.63) is 58.6 Å². The number of rotatable bonds is 7. The molecule has 3 aromatic rings. The molecule has 0 saturated carbocycles. The maximum atomic E-state index is 12.0. The van der Waals surface area contributed by atoms with Crippen LogP contribution in [0.5, 0.6) is 0 Å². The SMILES string of the molecule is Cc1ccc(C)c(SCC(=O)NCCCc2nc3ccccc3s2)c1. The van der Waals surface area contributed by atoms with Crippen molar-refractivity contribution in [1.82, 2.24) is 10.3 Å². The predicted molar refractivity (Wildman–Crippen MR) is 108 cm³/mol. The summed E-state index contributed by atoms with van der Waals surface area (Å²) in [5, 5.41) is 4.15. The number of hydrogen-bond acceptors (Lipinski definition) is 4. The van der Waals surface area contributed by atoms with Crippen LogP contribution in [0.1, 0.15) is 22.6 Å². The van der Waals surface area contributed by atoms with E-state index in [1.807, 2.05) is 18.2 Å². The Balaban J connectivity index is 1.39. The second-order valence-electron chi connectivity index (χ2n) is 6.09. The summed E-state index contributed by atoms with van der Waals surface area (Å²) in [4.78, 5) is 17.8. The van der Waals surface area contributed by atoms with Gasteiger partial charge in [0.1, 0.15) is 0 Å². The van der Waals surface area contributed by atoms with Crippen LogP contribution in [-0.2, 0) is 11.2 Å². The van der Waals surface area contributed by atoms with Crippen LogP contribution >= 0.6 is 23.1 Å². The molecular formula is C20H22N2OS2. The molecule has 0 unspecified atom stereocenters. The minimum Gasteiger partial charge on any atom is -0.355 e. The van der Waals surface area contributed by atoms with Crippen molar-refractivity contribution in [3.8, 4) is 0 Å². The van der Waals surface area contributed by atoms with Gasteiger partial charge < -0.3 is 5.32 Å². The molecule has 1 N–H and O–H groups in total. The molecule has 0 fully saturated rings. The Morgan fingerprint density at radius 2 is 2.04 bits per heavy atom. The highest BCUT2D eigenvalue weighted by Gasteiger charge is 2.06. The fourth-order valence-corrected chi connectivity index (χ4v) is 4.51. The molecule has 0 spiro atoms. The first-order valence-corrected chi connectivity index (χ1v) is 10.2. The predicted octanol–water partition coefficient (Wildman–Crippen LogP) is 4.75. The molecule has 0 aliphatic carbocycles. The Morgan fingerprint density at radius 1 is 1.20 bits per heavy atom. The maximum Gasteiger partial charge on any atom is 0.230 e. The largest absolute Gasteiger partial charge is 0.355 e. The Hall–Kier alpha value is -1.85. The Bertz CT molecular complexity index is 840. The minimum atomic E-state index is 0.0928. The van der Waals surface area contributed by atoms with Crippen LogP contribution in [0.2, 0.25) is 0 Å². The van der Waals surface area contributed by atoms with Gasteiger partial charge >= 0.3 is 0 Å². The second kappa shape index (κ2) is 8.50. The fraction of sp³-hybridized carbons (Fsp3) is 0.300. The topological polar surface area (TPSA) is 42.0 Å². The number of thioether (sulfide) groups is 1. The third-order valence-electron chi connectivity index (χ3n) is 3.93. The first kappa shape index (κ1) is 18.0. The summed E-state index contributed by atoms with van der Waals surface area (Å²) >= 11 is 3.34. The number of fused-ring (bicyclic) bond motifs is 1. The zero-order valence-electron chi connectivity index (χ0n) is 14.5. The molecule has 5 heteroatoms. The number of carbonyl (C=O) groups excluding carboxylic acids is 1. The summed E-state index contributed by atoms with van der Waals surface area (Å²) < 4.78 is 1.23. The van der Waals surface area contributed by atoms with Gasteiger partial charge in [0.05, 0.1) is 21.0 Å². The van der Waals surface area contributed by atoms with Crippen LogP contribution in [0, 0.1) is 13.8 Å². The second-order valence-corrected chi connectivity index (χ2v) is 8.22.